The van der Waals surface area contributed by atoms with Crippen LogP contribution >= 0.6 is 11.6 Å². The van der Waals surface area contributed by atoms with Gasteiger partial charge in [-0.1, -0.05) is 0 Å². The molecule has 0 bridgehead atoms. The van der Waals surface area contributed by atoms with Crippen LogP contribution in [-0.4, -0.2) is 19.1 Å². The summed E-state index contributed by atoms with van der Waals surface area (Å²) in [6.07, 6.45) is 0. The van der Waals surface area contributed by atoms with Gasteiger partial charge in [0.25, 0.3) is 5.69 Å². The number of anilines is 2. The molecule has 0 radical (unpaired) electrons. The molecule has 0 aliphatic carbocycles. The van der Waals surface area contributed by atoms with E-state index < -0.39 is 4.92 Å². The summed E-state index contributed by atoms with van der Waals surface area (Å²) in [5.74, 6) is 0.873. The van der Waals surface area contributed by atoms with E-state index >= 15 is 0 Å². The van der Waals surface area contributed by atoms with Gasteiger partial charge in [0, 0.05) is 30.1 Å². The third-order valence-corrected chi connectivity index (χ3v) is 3.54. The summed E-state index contributed by atoms with van der Waals surface area (Å²) in [6, 6.07) is 12.5. The van der Waals surface area contributed by atoms with Crippen LogP contribution in [0.4, 0.5) is 17.1 Å². The van der Waals surface area contributed by atoms with Crippen LogP contribution in [0.3, 0.4) is 0 Å². The van der Waals surface area contributed by atoms with Crippen LogP contribution in [0.15, 0.2) is 42.5 Å². The number of hydrogen-bond acceptors (Lipinski definition) is 4. The first-order valence-corrected chi connectivity index (χ1v) is 6.81. The van der Waals surface area contributed by atoms with Crippen molar-refractivity contribution in [2.24, 2.45) is 0 Å². The normalized spacial score (nSPS) is 10.2. The molecule has 110 valence electrons. The number of halogens is 1. The maximum Gasteiger partial charge on any atom is 0.273 e. The highest BCUT2D eigenvalue weighted by Crippen LogP contribution is 2.30. The van der Waals surface area contributed by atoms with Crippen molar-refractivity contribution in [1.82, 2.24) is 0 Å². The molecule has 2 aromatic rings. The zero-order valence-corrected chi connectivity index (χ0v) is 12.5. The highest BCUT2D eigenvalue weighted by Gasteiger charge is 2.15. The molecule has 0 N–H and O–H groups in total. The Kier molecular flexibility index (Phi) is 4.65. The van der Waals surface area contributed by atoms with Crippen molar-refractivity contribution >= 4 is 28.7 Å². The van der Waals surface area contributed by atoms with Gasteiger partial charge in [-0.05, 0) is 36.4 Å². The first-order valence-electron chi connectivity index (χ1n) is 6.28. The molecule has 0 aliphatic heterocycles. The van der Waals surface area contributed by atoms with Gasteiger partial charge >= 0.3 is 0 Å². The minimum atomic E-state index is -0.422. The van der Waals surface area contributed by atoms with E-state index in [1.54, 1.807) is 19.2 Å². The molecule has 0 amide bonds. The van der Waals surface area contributed by atoms with Crippen LogP contribution in [0, 0.1) is 10.1 Å². The summed E-state index contributed by atoms with van der Waals surface area (Å²) in [5, 5.41) is 10.9. The average molecular weight is 307 g/mol. The predicted octanol–water partition coefficient (Wildman–Crippen LogP) is 4.11. The molecule has 0 spiro atoms. The SMILES string of the molecule is COc1ccc(N(C)c2ccc([N+](=O)[O-])c(CCl)c2)cc1. The van der Waals surface area contributed by atoms with Crippen LogP contribution in [0.2, 0.25) is 0 Å². The first kappa shape index (κ1) is 15.1. The fraction of sp³-hybridized carbons (Fsp3) is 0.200. The molecule has 5 nitrogen and oxygen atoms in total. The summed E-state index contributed by atoms with van der Waals surface area (Å²) in [5.41, 5.74) is 2.32. The van der Waals surface area contributed by atoms with Crippen molar-refractivity contribution in [2.75, 3.05) is 19.1 Å². The minimum absolute atomic E-state index is 0.0388. The molecule has 21 heavy (non-hydrogen) atoms. The first-order chi connectivity index (χ1) is 10.1. The van der Waals surface area contributed by atoms with Gasteiger partial charge in [0.05, 0.1) is 17.9 Å². The lowest BCUT2D eigenvalue weighted by Gasteiger charge is -2.20. The molecule has 0 unspecified atom stereocenters. The summed E-state index contributed by atoms with van der Waals surface area (Å²) in [4.78, 5) is 12.4. The van der Waals surface area contributed by atoms with Crippen molar-refractivity contribution in [1.29, 1.82) is 0 Å². The van der Waals surface area contributed by atoms with Gasteiger partial charge in [-0.25, -0.2) is 0 Å². The van der Waals surface area contributed by atoms with E-state index in [2.05, 4.69) is 0 Å². The molecule has 0 saturated heterocycles. The zero-order valence-electron chi connectivity index (χ0n) is 11.7. The van der Waals surface area contributed by atoms with Crippen molar-refractivity contribution < 1.29 is 9.66 Å². The van der Waals surface area contributed by atoms with Gasteiger partial charge in [0.1, 0.15) is 5.75 Å². The van der Waals surface area contributed by atoms with Gasteiger partial charge in [-0.15, -0.1) is 11.6 Å². The summed E-state index contributed by atoms with van der Waals surface area (Å²) in [7, 11) is 3.50. The van der Waals surface area contributed by atoms with Gasteiger partial charge in [-0.2, -0.15) is 0 Å². The second kappa shape index (κ2) is 6.45. The Morgan fingerprint density at radius 3 is 2.33 bits per heavy atom. The van der Waals surface area contributed by atoms with E-state index in [1.165, 1.54) is 6.07 Å². The van der Waals surface area contributed by atoms with Crippen molar-refractivity contribution in [2.45, 2.75) is 5.88 Å². The topological polar surface area (TPSA) is 55.6 Å². The number of nitrogens with zero attached hydrogens (tertiary/aromatic N) is 2. The fourth-order valence-electron chi connectivity index (χ4n) is 2.02. The molecule has 0 saturated carbocycles. The third kappa shape index (κ3) is 3.25. The summed E-state index contributed by atoms with van der Waals surface area (Å²) < 4.78 is 5.12. The minimum Gasteiger partial charge on any atom is -0.497 e. The Hall–Kier alpha value is -2.27. The molecule has 0 fully saturated rings. The Labute approximate surface area is 127 Å². The van der Waals surface area contributed by atoms with Crippen LogP contribution in [-0.2, 0) is 5.88 Å². The van der Waals surface area contributed by atoms with E-state index in [0.717, 1.165) is 17.1 Å². The molecule has 2 rings (SSSR count). The van der Waals surface area contributed by atoms with Crippen LogP contribution < -0.4 is 9.64 Å². The fourth-order valence-corrected chi connectivity index (χ4v) is 2.23. The van der Waals surface area contributed by atoms with Gasteiger partial charge < -0.3 is 9.64 Å². The van der Waals surface area contributed by atoms with E-state index in [-0.39, 0.29) is 11.6 Å². The largest absolute Gasteiger partial charge is 0.497 e. The second-order valence-corrected chi connectivity index (χ2v) is 4.73. The molecule has 0 heterocycles. The lowest BCUT2D eigenvalue weighted by atomic mass is 10.1. The molecule has 0 aliphatic rings. The van der Waals surface area contributed by atoms with E-state index in [9.17, 15) is 10.1 Å². The summed E-state index contributed by atoms with van der Waals surface area (Å²) >= 11 is 5.80. The standard InChI is InChI=1S/C15H15ClN2O3/c1-17(12-3-6-14(21-2)7-4-12)13-5-8-15(18(19)20)11(9-13)10-16/h3-9H,10H2,1-2H3. The van der Waals surface area contributed by atoms with Crippen LogP contribution in [0.25, 0.3) is 0 Å². The lowest BCUT2D eigenvalue weighted by Crippen LogP contribution is -2.10. The zero-order chi connectivity index (χ0) is 15.4. The molecule has 0 atom stereocenters. The van der Waals surface area contributed by atoms with E-state index in [1.807, 2.05) is 36.2 Å². The number of rotatable bonds is 5. The Morgan fingerprint density at radius 2 is 1.81 bits per heavy atom. The third-order valence-electron chi connectivity index (χ3n) is 3.25. The quantitative estimate of drug-likeness (QED) is 0.474. The van der Waals surface area contributed by atoms with Crippen LogP contribution in [0.5, 0.6) is 5.75 Å². The smallest absolute Gasteiger partial charge is 0.273 e. The number of nitro groups is 1. The maximum atomic E-state index is 10.9. The number of methoxy groups -OCH3 is 1. The second-order valence-electron chi connectivity index (χ2n) is 4.46. The van der Waals surface area contributed by atoms with Crippen LogP contribution in [0.1, 0.15) is 5.56 Å². The Morgan fingerprint density at radius 1 is 1.19 bits per heavy atom. The average Bonchev–Trinajstić information content (AvgIpc) is 2.53. The van der Waals surface area contributed by atoms with Crippen molar-refractivity contribution in [3.63, 3.8) is 0 Å². The number of nitro benzene ring substituents is 1. The molecule has 0 aromatic heterocycles. The molecular weight excluding hydrogens is 292 g/mol. The molecular formula is C15H15ClN2O3. The van der Waals surface area contributed by atoms with Crippen molar-refractivity contribution in [3.8, 4) is 5.75 Å². The Bertz CT molecular complexity index is 644. The highest BCUT2D eigenvalue weighted by atomic mass is 35.5. The van der Waals surface area contributed by atoms with E-state index in [0.29, 0.717) is 5.56 Å². The summed E-state index contributed by atoms with van der Waals surface area (Å²) in [6.45, 7) is 0. The number of alkyl halides is 1. The highest BCUT2D eigenvalue weighted by molar-refractivity contribution is 6.17. The van der Waals surface area contributed by atoms with E-state index in [4.69, 9.17) is 16.3 Å². The van der Waals surface area contributed by atoms with Crippen molar-refractivity contribution in [3.05, 3.63) is 58.1 Å². The van der Waals surface area contributed by atoms with Gasteiger partial charge in [-0.3, -0.25) is 10.1 Å². The molecule has 6 heteroatoms. The number of hydrogen-bond donors (Lipinski definition) is 0. The molecule has 2 aromatic carbocycles. The van der Waals surface area contributed by atoms with Gasteiger partial charge in [0.15, 0.2) is 0 Å². The maximum absolute atomic E-state index is 10.9. The predicted molar refractivity (Wildman–Crippen MR) is 83.7 cm³/mol. The number of ether oxygens (including phenoxy) is 1. The number of benzene rings is 2. The Balaban J connectivity index is 2.33. The monoisotopic (exact) mass is 306 g/mol. The van der Waals surface area contributed by atoms with Gasteiger partial charge in [0.2, 0.25) is 0 Å². The lowest BCUT2D eigenvalue weighted by molar-refractivity contribution is -0.385.